The summed E-state index contributed by atoms with van der Waals surface area (Å²) in [5.41, 5.74) is 7.67. The smallest absolute Gasteiger partial charge is 0.170 e. The van der Waals surface area contributed by atoms with Crippen LogP contribution < -0.4 is 11.1 Å². The van der Waals surface area contributed by atoms with Gasteiger partial charge in [0.05, 0.1) is 0 Å². The Labute approximate surface area is 108 Å². The van der Waals surface area contributed by atoms with Crippen molar-refractivity contribution in [2.24, 2.45) is 16.8 Å². The van der Waals surface area contributed by atoms with Gasteiger partial charge in [0, 0.05) is 17.6 Å². The van der Waals surface area contributed by atoms with Crippen molar-refractivity contribution in [2.75, 3.05) is 0 Å². The van der Waals surface area contributed by atoms with Gasteiger partial charge in [0.2, 0.25) is 0 Å². The number of nitrogens with zero attached hydrogens (tertiary/aromatic N) is 1. The minimum atomic E-state index is 0.151. The average Bonchev–Trinajstić information content (AvgIpc) is 3.20. The summed E-state index contributed by atoms with van der Waals surface area (Å²) in [6.45, 7) is 5.30. The van der Waals surface area contributed by atoms with Gasteiger partial charge < -0.3 is 16.3 Å². The van der Waals surface area contributed by atoms with Crippen LogP contribution in [0.4, 0.5) is 0 Å². The van der Waals surface area contributed by atoms with Crippen LogP contribution in [0.5, 0.6) is 0 Å². The van der Waals surface area contributed by atoms with Gasteiger partial charge in [0.25, 0.3) is 0 Å². The lowest BCUT2D eigenvalue weighted by molar-refractivity contribution is 0.318. The predicted molar refractivity (Wildman–Crippen MR) is 72.6 cm³/mol. The minimum Gasteiger partial charge on any atom is -0.409 e. The third kappa shape index (κ3) is 3.01. The first-order valence-corrected chi connectivity index (χ1v) is 6.35. The second kappa shape index (κ2) is 4.98. The van der Waals surface area contributed by atoms with E-state index in [4.69, 9.17) is 10.9 Å². The summed E-state index contributed by atoms with van der Waals surface area (Å²) < 4.78 is 0. The Morgan fingerprint density at radius 3 is 2.83 bits per heavy atom. The van der Waals surface area contributed by atoms with E-state index in [1.807, 2.05) is 24.3 Å². The fourth-order valence-electron chi connectivity index (χ4n) is 2.18. The largest absolute Gasteiger partial charge is 0.409 e. The zero-order valence-electron chi connectivity index (χ0n) is 11.0. The van der Waals surface area contributed by atoms with E-state index in [-0.39, 0.29) is 11.4 Å². The molecular weight excluding hydrogens is 226 g/mol. The highest BCUT2D eigenvalue weighted by atomic mass is 16.4. The maximum Gasteiger partial charge on any atom is 0.170 e. The lowest BCUT2D eigenvalue weighted by Crippen LogP contribution is -2.40. The summed E-state index contributed by atoms with van der Waals surface area (Å²) in [7, 11) is 0. The maximum atomic E-state index is 8.67. The van der Waals surface area contributed by atoms with E-state index < -0.39 is 0 Å². The van der Waals surface area contributed by atoms with Crippen LogP contribution in [0.25, 0.3) is 0 Å². The standard InChI is InChI=1S/C14H21N3O/c1-14(2,12-6-7-12)16-9-10-4-3-5-11(8-10)13(15)17-18/h3-5,8,12,16,18H,6-7,9H2,1-2H3,(H2,15,17). The van der Waals surface area contributed by atoms with Gasteiger partial charge in [-0.2, -0.15) is 0 Å². The van der Waals surface area contributed by atoms with Crippen molar-refractivity contribution in [3.63, 3.8) is 0 Å². The quantitative estimate of drug-likeness (QED) is 0.323. The average molecular weight is 247 g/mol. The molecule has 1 aromatic rings. The fraction of sp³-hybridized carbons (Fsp3) is 0.500. The molecule has 0 atom stereocenters. The van der Waals surface area contributed by atoms with Crippen LogP contribution in [0.15, 0.2) is 29.4 Å². The van der Waals surface area contributed by atoms with Gasteiger partial charge in [-0.1, -0.05) is 23.4 Å². The van der Waals surface area contributed by atoms with Gasteiger partial charge in [-0.3, -0.25) is 0 Å². The van der Waals surface area contributed by atoms with Crippen molar-refractivity contribution in [3.05, 3.63) is 35.4 Å². The molecule has 4 N–H and O–H groups in total. The van der Waals surface area contributed by atoms with E-state index >= 15 is 0 Å². The number of rotatable bonds is 5. The summed E-state index contributed by atoms with van der Waals surface area (Å²) in [5, 5.41) is 15.3. The van der Waals surface area contributed by atoms with Crippen molar-refractivity contribution in [2.45, 2.75) is 38.8 Å². The van der Waals surface area contributed by atoms with Crippen LogP contribution in [0.1, 0.15) is 37.8 Å². The molecule has 0 radical (unpaired) electrons. The first kappa shape index (κ1) is 12.9. The number of hydrogen-bond acceptors (Lipinski definition) is 3. The number of oxime groups is 1. The SMILES string of the molecule is CC(C)(NCc1cccc(/C(N)=N/O)c1)C1CC1. The molecule has 1 fully saturated rings. The van der Waals surface area contributed by atoms with E-state index in [1.165, 1.54) is 12.8 Å². The van der Waals surface area contributed by atoms with Gasteiger partial charge in [-0.15, -0.1) is 0 Å². The van der Waals surface area contributed by atoms with E-state index in [9.17, 15) is 0 Å². The van der Waals surface area contributed by atoms with Gasteiger partial charge in [0.1, 0.15) is 0 Å². The molecule has 1 aliphatic carbocycles. The van der Waals surface area contributed by atoms with Crippen LogP contribution >= 0.6 is 0 Å². The van der Waals surface area contributed by atoms with Crippen LogP contribution in [-0.2, 0) is 6.54 Å². The third-order valence-corrected chi connectivity index (χ3v) is 3.68. The van der Waals surface area contributed by atoms with Gasteiger partial charge >= 0.3 is 0 Å². The highest BCUT2D eigenvalue weighted by Gasteiger charge is 2.37. The fourth-order valence-corrected chi connectivity index (χ4v) is 2.18. The van der Waals surface area contributed by atoms with Gasteiger partial charge in [0.15, 0.2) is 5.84 Å². The highest BCUT2D eigenvalue weighted by molar-refractivity contribution is 5.97. The highest BCUT2D eigenvalue weighted by Crippen LogP contribution is 2.39. The summed E-state index contributed by atoms with van der Waals surface area (Å²) in [4.78, 5) is 0. The Kier molecular flexibility index (Phi) is 3.57. The number of hydrogen-bond donors (Lipinski definition) is 3. The monoisotopic (exact) mass is 247 g/mol. The van der Waals surface area contributed by atoms with E-state index in [1.54, 1.807) is 0 Å². The van der Waals surface area contributed by atoms with E-state index in [0.717, 1.165) is 23.6 Å². The predicted octanol–water partition coefficient (Wildman–Crippen LogP) is 2.06. The van der Waals surface area contributed by atoms with Crippen LogP contribution in [0.2, 0.25) is 0 Å². The molecule has 0 amide bonds. The first-order valence-electron chi connectivity index (χ1n) is 6.35. The van der Waals surface area contributed by atoms with Crippen LogP contribution in [0.3, 0.4) is 0 Å². The molecule has 1 saturated carbocycles. The lowest BCUT2D eigenvalue weighted by Gasteiger charge is -2.26. The number of benzene rings is 1. The maximum absolute atomic E-state index is 8.67. The zero-order chi connectivity index (χ0) is 13.2. The molecule has 0 heterocycles. The molecule has 2 rings (SSSR count). The number of nitrogens with one attached hydrogen (secondary N) is 1. The minimum absolute atomic E-state index is 0.151. The molecule has 0 spiro atoms. The lowest BCUT2D eigenvalue weighted by atomic mass is 9.98. The second-order valence-corrected chi connectivity index (χ2v) is 5.54. The Morgan fingerprint density at radius 2 is 2.22 bits per heavy atom. The molecule has 1 aromatic carbocycles. The molecule has 18 heavy (non-hydrogen) atoms. The Balaban J connectivity index is 2.01. The van der Waals surface area contributed by atoms with E-state index in [0.29, 0.717) is 0 Å². The molecule has 0 bridgehead atoms. The Bertz CT molecular complexity index is 450. The van der Waals surface area contributed by atoms with Gasteiger partial charge in [-0.05, 0) is 44.2 Å². The molecular formula is C14H21N3O. The molecule has 4 nitrogen and oxygen atoms in total. The number of amidine groups is 1. The van der Waals surface area contributed by atoms with Crippen LogP contribution in [0, 0.1) is 5.92 Å². The van der Waals surface area contributed by atoms with Crippen molar-refractivity contribution in [1.82, 2.24) is 5.32 Å². The molecule has 0 saturated heterocycles. The summed E-state index contributed by atoms with van der Waals surface area (Å²) >= 11 is 0. The molecule has 0 aromatic heterocycles. The zero-order valence-corrected chi connectivity index (χ0v) is 11.0. The molecule has 0 aliphatic heterocycles. The summed E-state index contributed by atoms with van der Waals surface area (Å²) in [6, 6.07) is 7.76. The van der Waals surface area contributed by atoms with Crippen molar-refractivity contribution < 1.29 is 5.21 Å². The summed E-state index contributed by atoms with van der Waals surface area (Å²) in [6.07, 6.45) is 2.65. The summed E-state index contributed by atoms with van der Waals surface area (Å²) in [5.74, 6) is 0.947. The first-order chi connectivity index (χ1) is 8.53. The number of nitrogens with two attached hydrogens (primary N) is 1. The van der Waals surface area contributed by atoms with Crippen molar-refractivity contribution in [1.29, 1.82) is 0 Å². The topological polar surface area (TPSA) is 70.6 Å². The van der Waals surface area contributed by atoms with Crippen molar-refractivity contribution >= 4 is 5.84 Å². The van der Waals surface area contributed by atoms with Crippen molar-refractivity contribution in [3.8, 4) is 0 Å². The molecule has 98 valence electrons. The second-order valence-electron chi connectivity index (χ2n) is 5.54. The third-order valence-electron chi connectivity index (χ3n) is 3.68. The molecule has 0 unspecified atom stereocenters. The Morgan fingerprint density at radius 1 is 1.50 bits per heavy atom. The molecule has 1 aliphatic rings. The Hall–Kier alpha value is -1.55. The van der Waals surface area contributed by atoms with Crippen LogP contribution in [-0.4, -0.2) is 16.6 Å². The van der Waals surface area contributed by atoms with E-state index in [2.05, 4.69) is 24.3 Å². The van der Waals surface area contributed by atoms with Gasteiger partial charge in [-0.25, -0.2) is 0 Å². The normalized spacial score (nSPS) is 16.9. The molecule has 4 heteroatoms.